The van der Waals surface area contributed by atoms with Gasteiger partial charge in [-0.3, -0.25) is 4.79 Å². The number of nitrogens with one attached hydrogen (secondary N) is 1. The van der Waals surface area contributed by atoms with Gasteiger partial charge in [-0.2, -0.15) is 0 Å². The number of nitrogens with zero attached hydrogens (tertiary/aromatic N) is 2. The number of halogens is 1. The highest BCUT2D eigenvalue weighted by molar-refractivity contribution is 5.97. The fourth-order valence-electron chi connectivity index (χ4n) is 4.46. The lowest BCUT2D eigenvalue weighted by molar-refractivity contribution is 0.0694. The molecular formula is C21H24FN3O4. The highest BCUT2D eigenvalue weighted by Gasteiger charge is 2.32. The fourth-order valence-corrected chi connectivity index (χ4v) is 4.46. The van der Waals surface area contributed by atoms with Crippen LogP contribution in [0.3, 0.4) is 0 Å². The summed E-state index contributed by atoms with van der Waals surface area (Å²) in [7, 11) is 0. The van der Waals surface area contributed by atoms with E-state index in [4.69, 9.17) is 4.74 Å². The number of benzene rings is 1. The van der Waals surface area contributed by atoms with Crippen molar-refractivity contribution in [3.05, 3.63) is 34.1 Å². The number of aromatic nitrogens is 1. The molecule has 0 radical (unpaired) electrons. The minimum Gasteiger partial charge on any atom is -0.487 e. The third-order valence-corrected chi connectivity index (χ3v) is 6.25. The first-order valence-corrected chi connectivity index (χ1v) is 10.2. The molecule has 3 aliphatic rings. The van der Waals surface area contributed by atoms with E-state index in [9.17, 15) is 19.1 Å². The molecule has 0 unspecified atom stereocenters. The number of aromatic carboxylic acids is 1. The second kappa shape index (κ2) is 7.02. The van der Waals surface area contributed by atoms with Crippen molar-refractivity contribution in [3.63, 3.8) is 0 Å². The average molecular weight is 401 g/mol. The van der Waals surface area contributed by atoms with E-state index in [0.29, 0.717) is 23.2 Å². The number of alkyl halides is 1. The minimum absolute atomic E-state index is 0.109. The zero-order valence-corrected chi connectivity index (χ0v) is 16.1. The third kappa shape index (κ3) is 3.15. The molecule has 29 heavy (non-hydrogen) atoms. The van der Waals surface area contributed by atoms with Crippen molar-refractivity contribution in [2.24, 2.45) is 5.92 Å². The molecule has 1 aromatic heterocycles. The van der Waals surface area contributed by atoms with Gasteiger partial charge in [-0.25, -0.2) is 9.18 Å². The fraction of sp³-hybridized carbons (Fsp3) is 0.524. The van der Waals surface area contributed by atoms with Crippen LogP contribution in [0.15, 0.2) is 23.1 Å². The quantitative estimate of drug-likeness (QED) is 0.772. The molecule has 1 aliphatic carbocycles. The molecule has 7 nitrogen and oxygen atoms in total. The Hall–Kier alpha value is -2.61. The molecule has 3 heterocycles. The molecule has 2 aromatic rings. The molecular weight excluding hydrogens is 377 g/mol. The molecule has 0 amide bonds. The molecule has 1 saturated carbocycles. The summed E-state index contributed by atoms with van der Waals surface area (Å²) in [5.74, 6) is -0.199. The molecule has 5 rings (SSSR count). The van der Waals surface area contributed by atoms with Crippen LogP contribution in [0.5, 0.6) is 5.75 Å². The van der Waals surface area contributed by atoms with Gasteiger partial charge in [-0.05, 0) is 43.9 Å². The normalized spacial score (nSPS) is 23.4. The number of ether oxygens (including phenoxy) is 1. The van der Waals surface area contributed by atoms with Gasteiger partial charge < -0.3 is 24.6 Å². The van der Waals surface area contributed by atoms with E-state index in [-0.39, 0.29) is 17.6 Å². The maximum Gasteiger partial charge on any atom is 0.341 e. The van der Waals surface area contributed by atoms with Crippen LogP contribution in [-0.4, -0.2) is 54.6 Å². The van der Waals surface area contributed by atoms with Crippen molar-refractivity contribution in [2.45, 2.75) is 31.3 Å². The Morgan fingerprint density at radius 1 is 1.31 bits per heavy atom. The SMILES string of the molecule is O=C(O)c1cn2c3c(c(N4CC[C@@H](CNC5CC5)C4)ccc3c1=O)OC[C@@H]2CF. The van der Waals surface area contributed by atoms with Gasteiger partial charge in [0.05, 0.1) is 22.6 Å². The largest absolute Gasteiger partial charge is 0.487 e. The van der Waals surface area contributed by atoms with E-state index in [0.717, 1.165) is 31.7 Å². The summed E-state index contributed by atoms with van der Waals surface area (Å²) in [6.45, 7) is 2.20. The third-order valence-electron chi connectivity index (χ3n) is 6.25. The molecule has 1 saturated heterocycles. The molecule has 2 N–H and O–H groups in total. The Balaban J connectivity index is 1.55. The lowest BCUT2D eigenvalue weighted by Crippen LogP contribution is -2.31. The van der Waals surface area contributed by atoms with Crippen molar-refractivity contribution in [1.82, 2.24) is 9.88 Å². The number of hydrogen-bond acceptors (Lipinski definition) is 5. The Kier molecular flexibility index (Phi) is 4.46. The number of pyridine rings is 1. The molecule has 0 bridgehead atoms. The maximum atomic E-state index is 13.6. The predicted octanol–water partition coefficient (Wildman–Crippen LogP) is 2.18. The average Bonchev–Trinajstić information content (AvgIpc) is 3.44. The standard InChI is InChI=1S/C21H24FN3O4/c22-7-14-11-29-20-17(24-6-5-12(9-24)8-23-13-1-2-13)4-3-15-18(20)25(14)10-16(19(15)26)21(27)28/h3-4,10,12-14,23H,1-2,5-9,11H2,(H,27,28)/t12-,14-/m0/s1. The molecule has 2 atom stereocenters. The lowest BCUT2D eigenvalue weighted by atomic mass is 10.1. The number of anilines is 1. The smallest absolute Gasteiger partial charge is 0.341 e. The van der Waals surface area contributed by atoms with Gasteiger partial charge in [0.1, 0.15) is 18.8 Å². The first-order chi connectivity index (χ1) is 14.1. The van der Waals surface area contributed by atoms with Crippen LogP contribution in [0.25, 0.3) is 10.9 Å². The number of hydrogen-bond donors (Lipinski definition) is 2. The number of rotatable bonds is 6. The van der Waals surface area contributed by atoms with Crippen molar-refractivity contribution in [1.29, 1.82) is 0 Å². The van der Waals surface area contributed by atoms with Crippen molar-refractivity contribution in [3.8, 4) is 5.75 Å². The highest BCUT2D eigenvalue weighted by atomic mass is 19.1. The summed E-state index contributed by atoms with van der Waals surface area (Å²) in [5.41, 5.74) is 0.474. The molecule has 2 aliphatic heterocycles. The number of carboxylic acid groups (broad SMARTS) is 1. The van der Waals surface area contributed by atoms with Crippen LogP contribution in [0.1, 0.15) is 35.7 Å². The maximum absolute atomic E-state index is 13.6. The topological polar surface area (TPSA) is 83.8 Å². The van der Waals surface area contributed by atoms with Gasteiger partial charge in [0.25, 0.3) is 0 Å². The van der Waals surface area contributed by atoms with E-state index in [1.165, 1.54) is 19.0 Å². The minimum atomic E-state index is -1.30. The van der Waals surface area contributed by atoms with Gasteiger partial charge in [-0.15, -0.1) is 0 Å². The summed E-state index contributed by atoms with van der Waals surface area (Å²) in [4.78, 5) is 26.4. The molecule has 2 fully saturated rings. The first-order valence-electron chi connectivity index (χ1n) is 10.2. The number of carboxylic acids is 1. The Labute approximate surface area is 167 Å². The van der Waals surface area contributed by atoms with Gasteiger partial charge in [-0.1, -0.05) is 0 Å². The van der Waals surface area contributed by atoms with E-state index in [1.54, 1.807) is 10.6 Å². The van der Waals surface area contributed by atoms with E-state index in [1.807, 2.05) is 6.07 Å². The zero-order chi connectivity index (χ0) is 20.1. The van der Waals surface area contributed by atoms with Crippen molar-refractivity contribution < 1.29 is 19.0 Å². The highest BCUT2D eigenvalue weighted by Crippen LogP contribution is 2.41. The van der Waals surface area contributed by atoms with Crippen LogP contribution < -0.4 is 20.4 Å². The van der Waals surface area contributed by atoms with Crippen LogP contribution in [0.4, 0.5) is 10.1 Å². The van der Waals surface area contributed by atoms with Crippen molar-refractivity contribution >= 4 is 22.6 Å². The monoisotopic (exact) mass is 401 g/mol. The second-order valence-electron chi connectivity index (χ2n) is 8.30. The molecule has 154 valence electrons. The molecule has 1 aromatic carbocycles. The van der Waals surface area contributed by atoms with Crippen LogP contribution >= 0.6 is 0 Å². The van der Waals surface area contributed by atoms with Gasteiger partial charge in [0.15, 0.2) is 5.75 Å². The Morgan fingerprint density at radius 3 is 2.86 bits per heavy atom. The zero-order valence-electron chi connectivity index (χ0n) is 16.1. The lowest BCUT2D eigenvalue weighted by Gasteiger charge is -2.31. The molecule has 0 spiro atoms. The van der Waals surface area contributed by atoms with E-state index < -0.39 is 24.1 Å². The van der Waals surface area contributed by atoms with Crippen LogP contribution in [-0.2, 0) is 0 Å². The van der Waals surface area contributed by atoms with Crippen LogP contribution in [0.2, 0.25) is 0 Å². The summed E-state index contributed by atoms with van der Waals surface area (Å²) in [5, 5.41) is 13.2. The van der Waals surface area contributed by atoms with E-state index in [2.05, 4.69) is 10.2 Å². The van der Waals surface area contributed by atoms with E-state index >= 15 is 0 Å². The van der Waals surface area contributed by atoms with Gasteiger partial charge >= 0.3 is 5.97 Å². The summed E-state index contributed by atoms with van der Waals surface area (Å²) >= 11 is 0. The van der Waals surface area contributed by atoms with Crippen LogP contribution in [0, 0.1) is 5.92 Å². The molecule has 8 heteroatoms. The Morgan fingerprint density at radius 2 is 2.14 bits per heavy atom. The summed E-state index contributed by atoms with van der Waals surface area (Å²) in [6, 6.07) is 3.53. The Bertz CT molecular complexity index is 1030. The second-order valence-corrected chi connectivity index (χ2v) is 8.30. The summed E-state index contributed by atoms with van der Waals surface area (Å²) < 4.78 is 21.1. The van der Waals surface area contributed by atoms with Crippen molar-refractivity contribution in [2.75, 3.05) is 37.8 Å². The predicted molar refractivity (Wildman–Crippen MR) is 107 cm³/mol. The number of carbonyl (C=O) groups is 1. The van der Waals surface area contributed by atoms with Gasteiger partial charge in [0, 0.05) is 25.3 Å². The van der Waals surface area contributed by atoms with Gasteiger partial charge in [0.2, 0.25) is 5.43 Å². The first kappa shape index (κ1) is 18.4. The summed E-state index contributed by atoms with van der Waals surface area (Å²) in [6.07, 6.45) is 4.88.